The first-order valence-corrected chi connectivity index (χ1v) is 7.78. The van der Waals surface area contributed by atoms with Crippen molar-refractivity contribution >= 4 is 6.29 Å². The molecular formula is C20H24O2. The van der Waals surface area contributed by atoms with Crippen molar-refractivity contribution in [3.05, 3.63) is 53.6 Å². The molecule has 2 nitrogen and oxygen atoms in total. The highest BCUT2D eigenvalue weighted by molar-refractivity contribution is 5.83. The van der Waals surface area contributed by atoms with Crippen LogP contribution in [0.3, 0.4) is 0 Å². The standard InChI is InChI=1S/C20H24O2/c1-5-12-22-19-11-8-16(13-17(19)14-21)15-6-9-18(10-7-15)20(2,3)4/h6-11,13-14H,5,12H2,1-4H3. The summed E-state index contributed by atoms with van der Waals surface area (Å²) in [5.41, 5.74) is 4.19. The maximum absolute atomic E-state index is 11.3. The Morgan fingerprint density at radius 1 is 1.00 bits per heavy atom. The lowest BCUT2D eigenvalue weighted by Crippen LogP contribution is -2.10. The molecule has 0 aliphatic carbocycles. The molecule has 0 amide bonds. The largest absolute Gasteiger partial charge is 0.493 e. The molecule has 2 heteroatoms. The predicted molar refractivity (Wildman–Crippen MR) is 91.8 cm³/mol. The second kappa shape index (κ2) is 6.78. The molecule has 0 atom stereocenters. The van der Waals surface area contributed by atoms with Crippen LogP contribution in [0.1, 0.15) is 50.0 Å². The summed E-state index contributed by atoms with van der Waals surface area (Å²) in [5, 5.41) is 0. The minimum Gasteiger partial charge on any atom is -0.493 e. The van der Waals surface area contributed by atoms with E-state index in [4.69, 9.17) is 4.74 Å². The fourth-order valence-corrected chi connectivity index (χ4v) is 2.33. The van der Waals surface area contributed by atoms with Gasteiger partial charge in [0.15, 0.2) is 6.29 Å². The van der Waals surface area contributed by atoms with E-state index in [2.05, 4.69) is 45.0 Å². The number of benzene rings is 2. The van der Waals surface area contributed by atoms with Crippen molar-refractivity contribution in [1.82, 2.24) is 0 Å². The van der Waals surface area contributed by atoms with E-state index in [1.807, 2.05) is 25.1 Å². The lowest BCUT2D eigenvalue weighted by atomic mass is 9.86. The fraction of sp³-hybridized carbons (Fsp3) is 0.350. The van der Waals surface area contributed by atoms with Gasteiger partial charge in [-0.25, -0.2) is 0 Å². The van der Waals surface area contributed by atoms with Gasteiger partial charge in [0.25, 0.3) is 0 Å². The van der Waals surface area contributed by atoms with Crippen molar-refractivity contribution in [1.29, 1.82) is 0 Å². The van der Waals surface area contributed by atoms with Crippen molar-refractivity contribution in [3.63, 3.8) is 0 Å². The van der Waals surface area contributed by atoms with E-state index >= 15 is 0 Å². The van der Waals surface area contributed by atoms with E-state index in [1.54, 1.807) is 0 Å². The minimum absolute atomic E-state index is 0.143. The molecule has 0 spiro atoms. The van der Waals surface area contributed by atoms with Crippen LogP contribution in [0.25, 0.3) is 11.1 Å². The van der Waals surface area contributed by atoms with Gasteiger partial charge in [-0.15, -0.1) is 0 Å². The zero-order valence-electron chi connectivity index (χ0n) is 13.8. The lowest BCUT2D eigenvalue weighted by molar-refractivity contribution is 0.111. The quantitative estimate of drug-likeness (QED) is 0.704. The van der Waals surface area contributed by atoms with Gasteiger partial charge in [0, 0.05) is 0 Å². The highest BCUT2D eigenvalue weighted by Gasteiger charge is 2.13. The van der Waals surface area contributed by atoms with Gasteiger partial charge in [0.1, 0.15) is 5.75 Å². The summed E-state index contributed by atoms with van der Waals surface area (Å²) in [6.45, 7) is 9.28. The number of rotatable bonds is 5. The third kappa shape index (κ3) is 3.76. The van der Waals surface area contributed by atoms with Gasteiger partial charge in [-0.2, -0.15) is 0 Å². The van der Waals surface area contributed by atoms with Crippen molar-refractivity contribution in [2.75, 3.05) is 6.61 Å². The smallest absolute Gasteiger partial charge is 0.153 e. The average molecular weight is 296 g/mol. The molecule has 2 rings (SSSR count). The Hall–Kier alpha value is -2.09. The van der Waals surface area contributed by atoms with E-state index in [0.717, 1.165) is 23.8 Å². The molecule has 0 aliphatic heterocycles. The van der Waals surface area contributed by atoms with Crippen LogP contribution in [-0.2, 0) is 5.41 Å². The molecule has 0 radical (unpaired) electrons. The SMILES string of the molecule is CCCOc1ccc(-c2ccc(C(C)(C)C)cc2)cc1C=O. The summed E-state index contributed by atoms with van der Waals surface area (Å²) in [5.74, 6) is 0.659. The minimum atomic E-state index is 0.143. The summed E-state index contributed by atoms with van der Waals surface area (Å²) >= 11 is 0. The molecule has 0 unspecified atom stereocenters. The predicted octanol–water partition coefficient (Wildman–Crippen LogP) is 5.25. The highest BCUT2D eigenvalue weighted by atomic mass is 16.5. The van der Waals surface area contributed by atoms with E-state index < -0.39 is 0 Å². The molecular weight excluding hydrogens is 272 g/mol. The van der Waals surface area contributed by atoms with Crippen molar-refractivity contribution < 1.29 is 9.53 Å². The second-order valence-corrected chi connectivity index (χ2v) is 6.55. The number of ether oxygens (including phenoxy) is 1. The highest BCUT2D eigenvalue weighted by Crippen LogP contribution is 2.29. The Balaban J connectivity index is 2.31. The molecule has 0 aliphatic rings. The van der Waals surface area contributed by atoms with Crippen LogP contribution in [0.2, 0.25) is 0 Å². The topological polar surface area (TPSA) is 26.3 Å². The summed E-state index contributed by atoms with van der Waals surface area (Å²) < 4.78 is 5.60. The first-order chi connectivity index (χ1) is 10.5. The lowest BCUT2D eigenvalue weighted by Gasteiger charge is -2.19. The van der Waals surface area contributed by atoms with Gasteiger partial charge in [-0.05, 0) is 40.7 Å². The third-order valence-electron chi connectivity index (χ3n) is 3.68. The average Bonchev–Trinajstić information content (AvgIpc) is 2.52. The summed E-state index contributed by atoms with van der Waals surface area (Å²) in [6.07, 6.45) is 1.78. The maximum atomic E-state index is 11.3. The van der Waals surface area contributed by atoms with E-state index in [-0.39, 0.29) is 5.41 Å². The number of carbonyl (C=O) groups excluding carboxylic acids is 1. The Bertz CT molecular complexity index is 634. The first kappa shape index (κ1) is 16.3. The van der Waals surface area contributed by atoms with Crippen molar-refractivity contribution in [3.8, 4) is 16.9 Å². The molecule has 0 bridgehead atoms. The third-order valence-corrected chi connectivity index (χ3v) is 3.68. The van der Waals surface area contributed by atoms with E-state index in [1.165, 1.54) is 5.56 Å². The second-order valence-electron chi connectivity index (χ2n) is 6.55. The number of aldehydes is 1. The van der Waals surface area contributed by atoms with Gasteiger partial charge in [0.2, 0.25) is 0 Å². The van der Waals surface area contributed by atoms with Gasteiger partial charge in [-0.3, -0.25) is 4.79 Å². The first-order valence-electron chi connectivity index (χ1n) is 7.78. The molecule has 2 aromatic rings. The fourth-order valence-electron chi connectivity index (χ4n) is 2.33. The van der Waals surface area contributed by atoms with Crippen molar-refractivity contribution in [2.24, 2.45) is 0 Å². The summed E-state index contributed by atoms with van der Waals surface area (Å²) in [7, 11) is 0. The van der Waals surface area contributed by atoms with E-state index in [9.17, 15) is 4.79 Å². The van der Waals surface area contributed by atoms with Gasteiger partial charge < -0.3 is 4.74 Å². The molecule has 0 saturated heterocycles. The van der Waals surface area contributed by atoms with Crippen LogP contribution >= 0.6 is 0 Å². The van der Waals surface area contributed by atoms with Gasteiger partial charge in [0.05, 0.1) is 12.2 Å². The Morgan fingerprint density at radius 2 is 1.64 bits per heavy atom. The molecule has 0 heterocycles. The van der Waals surface area contributed by atoms with Crippen LogP contribution in [-0.4, -0.2) is 12.9 Å². The molecule has 0 fully saturated rings. The molecule has 2 aromatic carbocycles. The van der Waals surface area contributed by atoms with Crippen LogP contribution in [0, 0.1) is 0 Å². The number of carbonyl (C=O) groups is 1. The number of hydrogen-bond donors (Lipinski definition) is 0. The van der Waals surface area contributed by atoms with Crippen LogP contribution in [0.5, 0.6) is 5.75 Å². The Kier molecular flexibility index (Phi) is 5.02. The molecule has 0 aromatic heterocycles. The summed E-state index contributed by atoms with van der Waals surface area (Å²) in [6, 6.07) is 14.3. The van der Waals surface area contributed by atoms with Crippen molar-refractivity contribution in [2.45, 2.75) is 39.5 Å². The summed E-state index contributed by atoms with van der Waals surface area (Å²) in [4.78, 5) is 11.3. The Morgan fingerprint density at radius 3 is 2.18 bits per heavy atom. The van der Waals surface area contributed by atoms with Crippen LogP contribution in [0.15, 0.2) is 42.5 Å². The maximum Gasteiger partial charge on any atom is 0.153 e. The monoisotopic (exact) mass is 296 g/mol. The normalized spacial score (nSPS) is 11.3. The zero-order valence-corrected chi connectivity index (χ0v) is 13.8. The number of hydrogen-bond acceptors (Lipinski definition) is 2. The van der Waals surface area contributed by atoms with Crippen LogP contribution < -0.4 is 4.74 Å². The Labute approximate surface area is 133 Å². The van der Waals surface area contributed by atoms with Crippen LogP contribution in [0.4, 0.5) is 0 Å². The molecule has 22 heavy (non-hydrogen) atoms. The van der Waals surface area contributed by atoms with Gasteiger partial charge >= 0.3 is 0 Å². The molecule has 0 saturated carbocycles. The molecule has 116 valence electrons. The molecule has 0 N–H and O–H groups in total. The zero-order chi connectivity index (χ0) is 16.2. The van der Waals surface area contributed by atoms with E-state index in [0.29, 0.717) is 17.9 Å². The van der Waals surface area contributed by atoms with Gasteiger partial charge in [-0.1, -0.05) is 58.0 Å².